The van der Waals surface area contributed by atoms with Crippen LogP contribution >= 0.6 is 11.7 Å². The summed E-state index contributed by atoms with van der Waals surface area (Å²) in [6.07, 6.45) is 0. The summed E-state index contributed by atoms with van der Waals surface area (Å²) < 4.78 is 8.35. The lowest BCUT2D eigenvalue weighted by molar-refractivity contribution is 0.475. The van der Waals surface area contributed by atoms with Crippen LogP contribution in [0.15, 0.2) is 42.5 Å². The number of phenols is 1. The van der Waals surface area contributed by atoms with Gasteiger partial charge in [-0.25, -0.2) is 0 Å². The quantitative estimate of drug-likeness (QED) is 0.696. The second-order valence-electron chi connectivity index (χ2n) is 3.52. The average molecular weight is 228 g/mol. The number of hydrogen-bond acceptors (Lipinski definition) is 4. The van der Waals surface area contributed by atoms with E-state index in [1.165, 1.54) is 11.7 Å². The molecule has 16 heavy (non-hydrogen) atoms. The fourth-order valence-corrected chi connectivity index (χ4v) is 2.16. The van der Waals surface area contributed by atoms with Crippen molar-refractivity contribution in [1.29, 1.82) is 0 Å². The number of hydrogen-bond donors (Lipinski definition) is 1. The van der Waals surface area contributed by atoms with Crippen LogP contribution in [-0.2, 0) is 0 Å². The molecule has 78 valence electrons. The van der Waals surface area contributed by atoms with Gasteiger partial charge in [-0.05, 0) is 35.4 Å². The number of aromatic nitrogens is 2. The van der Waals surface area contributed by atoms with Gasteiger partial charge in [-0.2, -0.15) is 8.75 Å². The van der Waals surface area contributed by atoms with Crippen LogP contribution in [0.25, 0.3) is 22.2 Å². The van der Waals surface area contributed by atoms with E-state index in [1.54, 1.807) is 12.1 Å². The topological polar surface area (TPSA) is 46.0 Å². The van der Waals surface area contributed by atoms with E-state index in [0.717, 1.165) is 22.2 Å². The number of fused-ring (bicyclic) bond motifs is 1. The molecule has 1 heterocycles. The van der Waals surface area contributed by atoms with Gasteiger partial charge in [-0.15, -0.1) is 0 Å². The number of rotatable bonds is 1. The average Bonchev–Trinajstić information content (AvgIpc) is 2.75. The highest BCUT2D eigenvalue weighted by molar-refractivity contribution is 7.00. The molecule has 0 saturated heterocycles. The molecule has 0 bridgehead atoms. The maximum atomic E-state index is 9.42. The highest BCUT2D eigenvalue weighted by Gasteiger charge is 2.02. The third-order valence-electron chi connectivity index (χ3n) is 2.43. The van der Waals surface area contributed by atoms with Crippen LogP contribution in [0.2, 0.25) is 0 Å². The fourth-order valence-electron chi connectivity index (χ4n) is 1.65. The number of nitrogens with zero attached hydrogens (tertiary/aromatic N) is 2. The van der Waals surface area contributed by atoms with Crippen molar-refractivity contribution in [2.24, 2.45) is 0 Å². The molecular weight excluding hydrogens is 220 g/mol. The third kappa shape index (κ3) is 1.53. The van der Waals surface area contributed by atoms with E-state index in [1.807, 2.05) is 30.3 Å². The van der Waals surface area contributed by atoms with Crippen LogP contribution in [-0.4, -0.2) is 13.9 Å². The van der Waals surface area contributed by atoms with Gasteiger partial charge in [-0.3, -0.25) is 0 Å². The van der Waals surface area contributed by atoms with Gasteiger partial charge in [0.2, 0.25) is 0 Å². The zero-order chi connectivity index (χ0) is 11.0. The molecule has 0 aliphatic rings. The minimum atomic E-state index is 0.272. The third-order valence-corrected chi connectivity index (χ3v) is 2.99. The molecular formula is C12H8N2OS. The van der Waals surface area contributed by atoms with Gasteiger partial charge in [0.1, 0.15) is 16.8 Å². The molecule has 0 atom stereocenters. The summed E-state index contributed by atoms with van der Waals surface area (Å²) in [5.41, 5.74) is 3.82. The van der Waals surface area contributed by atoms with E-state index < -0.39 is 0 Å². The summed E-state index contributed by atoms with van der Waals surface area (Å²) in [6, 6.07) is 13.1. The van der Waals surface area contributed by atoms with Crippen molar-refractivity contribution in [2.45, 2.75) is 0 Å². The van der Waals surface area contributed by atoms with E-state index in [-0.39, 0.29) is 5.75 Å². The van der Waals surface area contributed by atoms with Crippen molar-refractivity contribution < 1.29 is 5.11 Å². The highest BCUT2D eigenvalue weighted by Crippen LogP contribution is 2.25. The lowest BCUT2D eigenvalue weighted by Crippen LogP contribution is -1.78. The largest absolute Gasteiger partial charge is 0.508 e. The monoisotopic (exact) mass is 228 g/mol. The lowest BCUT2D eigenvalue weighted by Gasteiger charge is -2.01. The zero-order valence-corrected chi connectivity index (χ0v) is 9.11. The molecule has 1 N–H and O–H groups in total. The zero-order valence-electron chi connectivity index (χ0n) is 8.29. The normalized spacial score (nSPS) is 10.8. The predicted molar refractivity (Wildman–Crippen MR) is 64.5 cm³/mol. The molecule has 3 rings (SSSR count). The summed E-state index contributed by atoms with van der Waals surface area (Å²) in [6.45, 7) is 0. The summed E-state index contributed by atoms with van der Waals surface area (Å²) in [7, 11) is 0. The number of phenolic OH excluding ortho intramolecular Hbond substituents is 1. The van der Waals surface area contributed by atoms with Crippen LogP contribution in [0.4, 0.5) is 0 Å². The molecule has 2 aromatic carbocycles. The van der Waals surface area contributed by atoms with Gasteiger partial charge in [0.15, 0.2) is 0 Å². The first-order valence-corrected chi connectivity index (χ1v) is 5.58. The molecule has 0 amide bonds. The minimum absolute atomic E-state index is 0.272. The van der Waals surface area contributed by atoms with Gasteiger partial charge >= 0.3 is 0 Å². The van der Waals surface area contributed by atoms with Gasteiger partial charge < -0.3 is 5.11 Å². The van der Waals surface area contributed by atoms with Crippen LogP contribution < -0.4 is 0 Å². The summed E-state index contributed by atoms with van der Waals surface area (Å²) >= 11 is 1.21. The Kier molecular flexibility index (Phi) is 2.08. The Bertz CT molecular complexity index is 648. The number of benzene rings is 2. The Hall–Kier alpha value is -1.94. The van der Waals surface area contributed by atoms with E-state index in [4.69, 9.17) is 0 Å². The van der Waals surface area contributed by atoms with Gasteiger partial charge in [0, 0.05) is 0 Å². The molecule has 0 saturated carbocycles. The predicted octanol–water partition coefficient (Wildman–Crippen LogP) is 3.06. The molecule has 4 heteroatoms. The Labute approximate surface area is 96.3 Å². The molecule has 0 fully saturated rings. The molecule has 0 radical (unpaired) electrons. The van der Waals surface area contributed by atoms with E-state index in [9.17, 15) is 5.11 Å². The van der Waals surface area contributed by atoms with E-state index in [2.05, 4.69) is 8.75 Å². The van der Waals surface area contributed by atoms with Crippen molar-refractivity contribution in [3.05, 3.63) is 42.5 Å². The molecule has 0 spiro atoms. The molecule has 0 unspecified atom stereocenters. The van der Waals surface area contributed by atoms with Gasteiger partial charge in [0.25, 0.3) is 0 Å². The summed E-state index contributed by atoms with van der Waals surface area (Å²) in [5.74, 6) is 0.272. The maximum absolute atomic E-state index is 9.42. The van der Waals surface area contributed by atoms with Crippen molar-refractivity contribution in [3.8, 4) is 16.9 Å². The second kappa shape index (κ2) is 3.57. The van der Waals surface area contributed by atoms with Crippen molar-refractivity contribution in [1.82, 2.24) is 8.75 Å². The second-order valence-corrected chi connectivity index (χ2v) is 4.05. The Morgan fingerprint density at radius 2 is 1.69 bits per heavy atom. The molecule has 0 aliphatic heterocycles. The van der Waals surface area contributed by atoms with Crippen molar-refractivity contribution in [2.75, 3.05) is 0 Å². The molecule has 0 aliphatic carbocycles. The SMILES string of the molecule is Oc1cccc(-c2ccc3nsnc3c2)c1. The lowest BCUT2D eigenvalue weighted by atomic mass is 10.1. The van der Waals surface area contributed by atoms with Crippen LogP contribution in [0.1, 0.15) is 0 Å². The molecule has 3 aromatic rings. The van der Waals surface area contributed by atoms with Crippen LogP contribution in [0, 0.1) is 0 Å². The van der Waals surface area contributed by atoms with E-state index in [0.29, 0.717) is 0 Å². The highest BCUT2D eigenvalue weighted by atomic mass is 32.1. The number of aromatic hydroxyl groups is 1. The Balaban J connectivity index is 2.18. The van der Waals surface area contributed by atoms with Crippen LogP contribution in [0.3, 0.4) is 0 Å². The summed E-state index contributed by atoms with van der Waals surface area (Å²) in [4.78, 5) is 0. The first-order chi connectivity index (χ1) is 7.83. The molecule has 1 aromatic heterocycles. The minimum Gasteiger partial charge on any atom is -0.508 e. The molecule has 3 nitrogen and oxygen atoms in total. The fraction of sp³-hybridized carbons (Fsp3) is 0. The van der Waals surface area contributed by atoms with Crippen LogP contribution in [0.5, 0.6) is 5.75 Å². The van der Waals surface area contributed by atoms with E-state index >= 15 is 0 Å². The first kappa shape index (κ1) is 9.30. The first-order valence-electron chi connectivity index (χ1n) is 4.85. The summed E-state index contributed by atoms with van der Waals surface area (Å²) in [5, 5.41) is 9.42. The van der Waals surface area contributed by atoms with Gasteiger partial charge in [-0.1, -0.05) is 18.2 Å². The van der Waals surface area contributed by atoms with Crippen molar-refractivity contribution >= 4 is 22.8 Å². The van der Waals surface area contributed by atoms with Crippen molar-refractivity contribution in [3.63, 3.8) is 0 Å². The standard InChI is InChI=1S/C12H8N2OS/c15-10-3-1-2-8(6-10)9-4-5-11-12(7-9)14-16-13-11/h1-7,15H. The maximum Gasteiger partial charge on any atom is 0.116 e. The smallest absolute Gasteiger partial charge is 0.116 e. The van der Waals surface area contributed by atoms with Gasteiger partial charge in [0.05, 0.1) is 11.7 Å². The Morgan fingerprint density at radius 1 is 0.875 bits per heavy atom. The Morgan fingerprint density at radius 3 is 2.56 bits per heavy atom.